The number of quaternary nitrogens is 1. The first-order valence-corrected chi connectivity index (χ1v) is 10.9. The fraction of sp³-hybridized carbons (Fsp3) is 0.455. The van der Waals surface area contributed by atoms with Crippen LogP contribution in [-0.4, -0.2) is 32.7 Å². The highest BCUT2D eigenvalue weighted by Gasteiger charge is 2.51. The Kier molecular flexibility index (Phi) is 5.23. The smallest absolute Gasteiger partial charge is 0.189 e. The van der Waals surface area contributed by atoms with E-state index in [-0.39, 0.29) is 26.9 Å². The second-order valence-corrected chi connectivity index (χ2v) is 9.96. The number of piperidine rings is 1. The monoisotopic (exact) mass is 388 g/mol. The van der Waals surface area contributed by atoms with Crippen molar-refractivity contribution in [2.45, 2.75) is 50.5 Å². The minimum atomic E-state index is -3.82. The lowest BCUT2D eigenvalue weighted by Crippen LogP contribution is -2.62. The molecule has 4 nitrogen and oxygen atoms in total. The number of nitrogens with zero attached hydrogens (tertiary/aromatic N) is 1. The van der Waals surface area contributed by atoms with Crippen molar-refractivity contribution in [3.8, 4) is 0 Å². The van der Waals surface area contributed by atoms with Crippen molar-refractivity contribution in [3.63, 3.8) is 0 Å². The van der Waals surface area contributed by atoms with Gasteiger partial charge in [-0.05, 0) is 31.5 Å². The van der Waals surface area contributed by atoms with E-state index in [9.17, 15) is 8.42 Å². The standard InChI is InChI=1S/C22H30NO3S/c1-17-11-13-21(14-12-17)27(24,25)26-23(5)16-18(2)22(4,15-19(23)3)20-9-7-6-8-10-20/h6-14,18-19H,15-16H2,1-5H3/q+1. The molecule has 2 aromatic rings. The molecule has 4 atom stereocenters. The molecule has 1 aliphatic heterocycles. The topological polar surface area (TPSA) is 43.4 Å². The summed E-state index contributed by atoms with van der Waals surface area (Å²) < 4.78 is 31.6. The third-order valence-corrected chi connectivity index (χ3v) is 7.77. The molecule has 27 heavy (non-hydrogen) atoms. The molecule has 2 aromatic carbocycles. The van der Waals surface area contributed by atoms with E-state index in [1.54, 1.807) is 24.3 Å². The lowest BCUT2D eigenvalue weighted by molar-refractivity contribution is -1.09. The van der Waals surface area contributed by atoms with Gasteiger partial charge in [-0.3, -0.25) is 0 Å². The largest absolute Gasteiger partial charge is 0.342 e. The first-order valence-electron chi connectivity index (χ1n) is 9.50. The van der Waals surface area contributed by atoms with E-state index in [4.69, 9.17) is 4.28 Å². The SMILES string of the molecule is Cc1ccc(S(=O)(=O)O[N+]2(C)CC(C)C(C)(c3ccccc3)CC2C)cc1. The van der Waals surface area contributed by atoms with E-state index < -0.39 is 10.1 Å². The highest BCUT2D eigenvalue weighted by Crippen LogP contribution is 2.44. The second-order valence-electron chi connectivity index (χ2n) is 8.44. The van der Waals surface area contributed by atoms with Gasteiger partial charge in [-0.15, -0.1) is 0 Å². The zero-order valence-corrected chi connectivity index (χ0v) is 17.7. The summed E-state index contributed by atoms with van der Waals surface area (Å²) in [5.41, 5.74) is 2.32. The van der Waals surface area contributed by atoms with Gasteiger partial charge in [0.2, 0.25) is 0 Å². The van der Waals surface area contributed by atoms with Gasteiger partial charge >= 0.3 is 10.1 Å². The number of hydrogen-bond acceptors (Lipinski definition) is 3. The van der Waals surface area contributed by atoms with Gasteiger partial charge in [-0.2, -0.15) is 13.1 Å². The highest BCUT2D eigenvalue weighted by molar-refractivity contribution is 7.86. The third kappa shape index (κ3) is 3.82. The second kappa shape index (κ2) is 7.04. The Morgan fingerprint density at radius 2 is 1.63 bits per heavy atom. The Labute approximate surface area is 163 Å². The number of rotatable bonds is 4. The van der Waals surface area contributed by atoms with Crippen LogP contribution < -0.4 is 0 Å². The number of hydroxylamine groups is 3. The molecular weight excluding hydrogens is 358 g/mol. The van der Waals surface area contributed by atoms with Gasteiger partial charge in [0.25, 0.3) is 0 Å². The molecule has 0 radical (unpaired) electrons. The maximum absolute atomic E-state index is 12.9. The van der Waals surface area contributed by atoms with Crippen molar-refractivity contribution in [1.82, 2.24) is 0 Å². The predicted octanol–water partition coefficient (Wildman–Crippen LogP) is 4.45. The Bertz CT molecular complexity index is 895. The Morgan fingerprint density at radius 3 is 2.22 bits per heavy atom. The van der Waals surface area contributed by atoms with Gasteiger partial charge in [0.1, 0.15) is 19.6 Å². The summed E-state index contributed by atoms with van der Waals surface area (Å²) in [6.07, 6.45) is 0.859. The van der Waals surface area contributed by atoms with E-state index in [0.29, 0.717) is 6.54 Å². The number of hydrogen-bond donors (Lipinski definition) is 0. The first kappa shape index (κ1) is 20.1. The fourth-order valence-electron chi connectivity index (χ4n) is 4.23. The van der Waals surface area contributed by atoms with E-state index in [1.165, 1.54) is 5.56 Å². The summed E-state index contributed by atoms with van der Waals surface area (Å²) in [6, 6.07) is 17.4. The van der Waals surface area contributed by atoms with Gasteiger partial charge in [-0.25, -0.2) is 0 Å². The number of likely N-dealkylation sites (tertiary alicyclic amines) is 1. The van der Waals surface area contributed by atoms with Crippen LogP contribution in [0.5, 0.6) is 0 Å². The van der Waals surface area contributed by atoms with Crippen molar-refractivity contribution in [3.05, 3.63) is 65.7 Å². The van der Waals surface area contributed by atoms with Crippen LogP contribution in [0, 0.1) is 12.8 Å². The molecule has 0 N–H and O–H groups in total. The maximum atomic E-state index is 12.9. The molecule has 0 amide bonds. The average Bonchev–Trinajstić information content (AvgIpc) is 2.61. The normalized spacial score (nSPS) is 31.6. The molecule has 0 spiro atoms. The quantitative estimate of drug-likeness (QED) is 0.727. The predicted molar refractivity (Wildman–Crippen MR) is 108 cm³/mol. The van der Waals surface area contributed by atoms with Gasteiger partial charge < -0.3 is 0 Å². The summed E-state index contributed by atoms with van der Waals surface area (Å²) in [7, 11) is -1.93. The molecule has 1 aliphatic rings. The first-order chi connectivity index (χ1) is 12.6. The molecule has 1 heterocycles. The van der Waals surface area contributed by atoms with Crippen LogP contribution in [0.4, 0.5) is 0 Å². The van der Waals surface area contributed by atoms with E-state index in [0.717, 1.165) is 12.0 Å². The average molecular weight is 389 g/mol. The van der Waals surface area contributed by atoms with Crippen LogP contribution in [-0.2, 0) is 19.8 Å². The van der Waals surface area contributed by atoms with Gasteiger partial charge in [0, 0.05) is 17.8 Å². The zero-order valence-electron chi connectivity index (χ0n) is 16.8. The van der Waals surface area contributed by atoms with Gasteiger partial charge in [0.15, 0.2) is 0 Å². The van der Waals surface area contributed by atoms with E-state index in [1.807, 2.05) is 20.0 Å². The van der Waals surface area contributed by atoms with Crippen molar-refractivity contribution in [1.29, 1.82) is 0 Å². The summed E-state index contributed by atoms with van der Waals surface area (Å²) in [6.45, 7) is 9.12. The molecule has 0 saturated carbocycles. The van der Waals surface area contributed by atoms with Gasteiger partial charge in [0.05, 0.1) is 4.90 Å². The third-order valence-electron chi connectivity index (χ3n) is 6.39. The van der Waals surface area contributed by atoms with Crippen molar-refractivity contribution in [2.24, 2.45) is 5.92 Å². The van der Waals surface area contributed by atoms with Crippen molar-refractivity contribution >= 4 is 10.1 Å². The van der Waals surface area contributed by atoms with Crippen LogP contribution in [0.2, 0.25) is 0 Å². The molecule has 0 bridgehead atoms. The van der Waals surface area contributed by atoms with Crippen LogP contribution in [0.25, 0.3) is 0 Å². The van der Waals surface area contributed by atoms with Crippen molar-refractivity contribution in [2.75, 3.05) is 13.6 Å². The Balaban J connectivity index is 1.86. The summed E-state index contributed by atoms with van der Waals surface area (Å²) in [4.78, 5) is 0.212. The summed E-state index contributed by atoms with van der Waals surface area (Å²) in [5.74, 6) is 0.273. The van der Waals surface area contributed by atoms with Crippen LogP contribution in [0.15, 0.2) is 59.5 Å². The minimum absolute atomic E-state index is 0.00455. The lowest BCUT2D eigenvalue weighted by atomic mass is 9.66. The summed E-state index contributed by atoms with van der Waals surface area (Å²) >= 11 is 0. The fourth-order valence-corrected chi connectivity index (χ4v) is 5.44. The molecular formula is C22H30NO3S+. The highest BCUT2D eigenvalue weighted by atomic mass is 32.2. The zero-order chi connectivity index (χ0) is 19.9. The Morgan fingerprint density at radius 1 is 1.04 bits per heavy atom. The lowest BCUT2D eigenvalue weighted by Gasteiger charge is -2.50. The molecule has 1 saturated heterocycles. The number of benzene rings is 2. The molecule has 1 fully saturated rings. The summed E-state index contributed by atoms with van der Waals surface area (Å²) in [5, 5.41) is 0. The molecule has 0 aliphatic carbocycles. The molecule has 146 valence electrons. The maximum Gasteiger partial charge on any atom is 0.342 e. The number of aryl methyl sites for hydroxylation is 1. The minimum Gasteiger partial charge on any atom is -0.189 e. The van der Waals surface area contributed by atoms with Crippen LogP contribution in [0.3, 0.4) is 0 Å². The molecule has 3 rings (SSSR count). The van der Waals surface area contributed by atoms with Crippen LogP contribution >= 0.6 is 0 Å². The van der Waals surface area contributed by atoms with E-state index >= 15 is 0 Å². The van der Waals surface area contributed by atoms with Gasteiger partial charge in [-0.1, -0.05) is 66.2 Å². The van der Waals surface area contributed by atoms with Crippen LogP contribution in [0.1, 0.15) is 38.3 Å². The Hall–Kier alpha value is -1.69. The van der Waals surface area contributed by atoms with Crippen molar-refractivity contribution < 1.29 is 17.3 Å². The molecule has 4 unspecified atom stereocenters. The van der Waals surface area contributed by atoms with E-state index in [2.05, 4.69) is 45.0 Å². The molecule has 5 heteroatoms. The molecule has 0 aromatic heterocycles.